The van der Waals surface area contributed by atoms with Crippen LogP contribution in [0.2, 0.25) is 0 Å². The van der Waals surface area contributed by atoms with Crippen molar-refractivity contribution in [3.63, 3.8) is 0 Å². The zero-order valence-corrected chi connectivity index (χ0v) is 9.23. The molecule has 0 radical (unpaired) electrons. The Morgan fingerprint density at radius 3 is 2.71 bits per heavy atom. The van der Waals surface area contributed by atoms with E-state index >= 15 is 0 Å². The highest BCUT2D eigenvalue weighted by molar-refractivity contribution is 7.80. The Morgan fingerprint density at radius 2 is 2.21 bits per heavy atom. The lowest BCUT2D eigenvalue weighted by atomic mass is 10.3. The standard InChI is InChI=1S/C9H13N3OS/c1-6-4-5-8(13-6)7(2)11-12-9(14)10-3/h4-5H,1-3H3,(H2,10,12,14)/b11-7+. The van der Waals surface area contributed by atoms with Gasteiger partial charge in [-0.15, -0.1) is 0 Å². The lowest BCUT2D eigenvalue weighted by Crippen LogP contribution is -2.29. The van der Waals surface area contributed by atoms with Gasteiger partial charge in [0.2, 0.25) is 0 Å². The van der Waals surface area contributed by atoms with Crippen molar-refractivity contribution in [2.24, 2.45) is 5.10 Å². The molecule has 1 heterocycles. The van der Waals surface area contributed by atoms with Crippen LogP contribution in [0.5, 0.6) is 0 Å². The van der Waals surface area contributed by atoms with Gasteiger partial charge >= 0.3 is 0 Å². The van der Waals surface area contributed by atoms with E-state index in [1.165, 1.54) is 0 Å². The van der Waals surface area contributed by atoms with E-state index in [1.807, 2.05) is 26.0 Å². The zero-order chi connectivity index (χ0) is 10.6. The smallest absolute Gasteiger partial charge is 0.186 e. The second kappa shape index (κ2) is 4.76. The molecule has 0 fully saturated rings. The molecule has 0 aliphatic heterocycles. The van der Waals surface area contributed by atoms with E-state index in [1.54, 1.807) is 7.05 Å². The molecule has 0 aromatic carbocycles. The first-order valence-electron chi connectivity index (χ1n) is 4.22. The van der Waals surface area contributed by atoms with Crippen LogP contribution in [0.15, 0.2) is 21.7 Å². The van der Waals surface area contributed by atoms with Gasteiger partial charge in [-0.2, -0.15) is 5.10 Å². The summed E-state index contributed by atoms with van der Waals surface area (Å²) in [4.78, 5) is 0. The number of rotatable bonds is 2. The number of hydrogen-bond acceptors (Lipinski definition) is 3. The van der Waals surface area contributed by atoms with Gasteiger partial charge in [0, 0.05) is 7.05 Å². The summed E-state index contributed by atoms with van der Waals surface area (Å²) >= 11 is 4.87. The molecule has 0 unspecified atom stereocenters. The molecule has 0 aliphatic carbocycles. The Hall–Kier alpha value is -1.36. The zero-order valence-electron chi connectivity index (χ0n) is 8.42. The summed E-state index contributed by atoms with van der Waals surface area (Å²) in [6, 6.07) is 3.77. The summed E-state index contributed by atoms with van der Waals surface area (Å²) in [5.74, 6) is 1.61. The molecule has 2 N–H and O–H groups in total. The average Bonchev–Trinajstić information content (AvgIpc) is 2.60. The Bertz CT molecular complexity index is 357. The van der Waals surface area contributed by atoms with Gasteiger partial charge in [-0.1, -0.05) is 0 Å². The van der Waals surface area contributed by atoms with E-state index in [9.17, 15) is 0 Å². The van der Waals surface area contributed by atoms with Gasteiger partial charge in [0.25, 0.3) is 0 Å². The Labute approximate surface area is 88.4 Å². The average molecular weight is 211 g/mol. The van der Waals surface area contributed by atoms with E-state index in [0.717, 1.165) is 17.2 Å². The minimum atomic E-state index is 0.479. The van der Waals surface area contributed by atoms with Crippen molar-refractivity contribution in [1.29, 1.82) is 0 Å². The van der Waals surface area contributed by atoms with Crippen molar-refractivity contribution in [2.45, 2.75) is 13.8 Å². The van der Waals surface area contributed by atoms with Crippen LogP contribution in [-0.4, -0.2) is 17.9 Å². The molecule has 14 heavy (non-hydrogen) atoms. The Morgan fingerprint density at radius 1 is 1.50 bits per heavy atom. The first kappa shape index (κ1) is 10.7. The number of furan rings is 1. The topological polar surface area (TPSA) is 49.6 Å². The van der Waals surface area contributed by atoms with E-state index in [0.29, 0.717) is 5.11 Å². The molecule has 1 aromatic heterocycles. The fourth-order valence-electron chi connectivity index (χ4n) is 0.875. The SMILES string of the molecule is CNC(=S)N/N=C(\C)c1ccc(C)o1. The van der Waals surface area contributed by atoms with Crippen LogP contribution in [0.3, 0.4) is 0 Å². The second-order valence-electron chi connectivity index (χ2n) is 2.80. The molecule has 0 spiro atoms. The third-order valence-electron chi connectivity index (χ3n) is 1.65. The molecular weight excluding hydrogens is 198 g/mol. The fraction of sp³-hybridized carbons (Fsp3) is 0.333. The molecule has 0 amide bonds. The normalized spacial score (nSPS) is 11.2. The predicted molar refractivity (Wildman–Crippen MR) is 60.4 cm³/mol. The van der Waals surface area contributed by atoms with Gasteiger partial charge in [0.1, 0.15) is 17.2 Å². The summed E-state index contributed by atoms with van der Waals surface area (Å²) in [6.07, 6.45) is 0. The first-order valence-corrected chi connectivity index (χ1v) is 4.63. The fourth-order valence-corrected chi connectivity index (χ4v) is 0.920. The highest BCUT2D eigenvalue weighted by Gasteiger charge is 2.01. The summed E-state index contributed by atoms with van der Waals surface area (Å²) in [7, 11) is 1.73. The largest absolute Gasteiger partial charge is 0.460 e. The van der Waals surface area contributed by atoms with Crippen molar-refractivity contribution in [3.8, 4) is 0 Å². The number of hydrazone groups is 1. The lowest BCUT2D eigenvalue weighted by Gasteiger charge is -2.01. The van der Waals surface area contributed by atoms with E-state index < -0.39 is 0 Å². The molecule has 5 heteroatoms. The van der Waals surface area contributed by atoms with Crippen LogP contribution in [0.25, 0.3) is 0 Å². The lowest BCUT2D eigenvalue weighted by molar-refractivity contribution is 0.525. The third kappa shape index (κ3) is 2.85. The maximum atomic E-state index is 5.38. The van der Waals surface area contributed by atoms with E-state index in [4.69, 9.17) is 16.6 Å². The summed E-state index contributed by atoms with van der Waals surface area (Å²) in [6.45, 7) is 3.74. The second-order valence-corrected chi connectivity index (χ2v) is 3.21. The molecular formula is C9H13N3OS. The van der Waals surface area contributed by atoms with E-state index in [2.05, 4.69) is 15.8 Å². The van der Waals surface area contributed by atoms with Crippen LogP contribution in [0.1, 0.15) is 18.4 Å². The summed E-state index contributed by atoms with van der Waals surface area (Å²) in [5, 5.41) is 7.29. The molecule has 0 saturated heterocycles. The molecule has 76 valence electrons. The van der Waals surface area contributed by atoms with Crippen molar-refractivity contribution >= 4 is 23.0 Å². The Balaban J connectivity index is 2.65. The predicted octanol–water partition coefficient (Wildman–Crippen LogP) is 1.41. The van der Waals surface area contributed by atoms with Gasteiger partial charge in [-0.3, -0.25) is 5.43 Å². The number of hydrogen-bond donors (Lipinski definition) is 2. The monoisotopic (exact) mass is 211 g/mol. The summed E-state index contributed by atoms with van der Waals surface area (Å²) in [5.41, 5.74) is 3.45. The maximum Gasteiger partial charge on any atom is 0.186 e. The van der Waals surface area contributed by atoms with Crippen molar-refractivity contribution in [2.75, 3.05) is 7.05 Å². The maximum absolute atomic E-state index is 5.38. The van der Waals surface area contributed by atoms with E-state index in [-0.39, 0.29) is 0 Å². The van der Waals surface area contributed by atoms with Crippen LogP contribution in [0, 0.1) is 6.92 Å². The number of aryl methyl sites for hydroxylation is 1. The molecule has 0 saturated carbocycles. The molecule has 0 bridgehead atoms. The molecule has 0 atom stereocenters. The van der Waals surface area contributed by atoms with Crippen molar-refractivity contribution < 1.29 is 4.42 Å². The van der Waals surface area contributed by atoms with Crippen molar-refractivity contribution in [1.82, 2.24) is 10.7 Å². The van der Waals surface area contributed by atoms with Crippen LogP contribution < -0.4 is 10.7 Å². The quantitative estimate of drug-likeness (QED) is 0.441. The molecule has 1 rings (SSSR count). The van der Waals surface area contributed by atoms with Crippen LogP contribution in [-0.2, 0) is 0 Å². The van der Waals surface area contributed by atoms with Gasteiger partial charge in [0.05, 0.1) is 0 Å². The van der Waals surface area contributed by atoms with Gasteiger partial charge in [-0.25, -0.2) is 0 Å². The number of thiocarbonyl (C=S) groups is 1. The molecule has 1 aromatic rings. The first-order chi connectivity index (χ1) is 6.63. The highest BCUT2D eigenvalue weighted by Crippen LogP contribution is 2.06. The van der Waals surface area contributed by atoms with Crippen LogP contribution in [0.4, 0.5) is 0 Å². The van der Waals surface area contributed by atoms with Crippen molar-refractivity contribution in [3.05, 3.63) is 23.7 Å². The van der Waals surface area contributed by atoms with Crippen LogP contribution >= 0.6 is 12.2 Å². The number of nitrogens with one attached hydrogen (secondary N) is 2. The van der Waals surface area contributed by atoms with Gasteiger partial charge in [-0.05, 0) is 38.2 Å². The minimum absolute atomic E-state index is 0.479. The Kier molecular flexibility index (Phi) is 3.64. The highest BCUT2D eigenvalue weighted by atomic mass is 32.1. The van der Waals surface area contributed by atoms with Gasteiger partial charge in [0.15, 0.2) is 5.11 Å². The minimum Gasteiger partial charge on any atom is -0.460 e. The molecule has 0 aliphatic rings. The number of nitrogens with zero attached hydrogens (tertiary/aromatic N) is 1. The van der Waals surface area contributed by atoms with Gasteiger partial charge < -0.3 is 9.73 Å². The summed E-state index contributed by atoms with van der Waals surface area (Å²) < 4.78 is 5.38. The third-order valence-corrected chi connectivity index (χ3v) is 1.94. The molecule has 4 nitrogen and oxygen atoms in total.